The maximum atomic E-state index is 12.3. The van der Waals surface area contributed by atoms with Gasteiger partial charge < -0.3 is 15.2 Å². The molecule has 21 heavy (non-hydrogen) atoms. The van der Waals surface area contributed by atoms with Crippen molar-refractivity contribution < 1.29 is 19.4 Å². The summed E-state index contributed by atoms with van der Waals surface area (Å²) in [6, 6.07) is 2.53. The Balaban J connectivity index is 3.01. The van der Waals surface area contributed by atoms with E-state index in [1.165, 1.54) is 0 Å². The molecule has 2 N–H and O–H groups in total. The van der Waals surface area contributed by atoms with Gasteiger partial charge in [0, 0.05) is 5.56 Å². The monoisotopic (exact) mass is 293 g/mol. The highest BCUT2D eigenvalue weighted by Gasteiger charge is 2.26. The molecular weight excluding hydrogens is 270 g/mol. The molecule has 0 bridgehead atoms. The number of nitrogens with one attached hydrogen (secondary N) is 1. The number of carboxylic acids is 1. The third-order valence-corrected chi connectivity index (χ3v) is 3.69. The van der Waals surface area contributed by atoms with E-state index in [0.29, 0.717) is 12.0 Å². The number of ether oxygens (including phenoxy) is 1. The van der Waals surface area contributed by atoms with Crippen LogP contribution in [0.5, 0.6) is 5.75 Å². The largest absolute Gasteiger partial charge is 0.496 e. The number of aliphatic carboxylic acids is 1. The molecule has 0 fully saturated rings. The van der Waals surface area contributed by atoms with Gasteiger partial charge in [-0.25, -0.2) is 4.79 Å². The Morgan fingerprint density at radius 2 is 1.81 bits per heavy atom. The molecule has 0 aliphatic rings. The third kappa shape index (κ3) is 3.97. The first-order chi connectivity index (χ1) is 9.81. The first-order valence-corrected chi connectivity index (χ1v) is 7.00. The summed E-state index contributed by atoms with van der Waals surface area (Å²) in [5.74, 6) is -0.786. The summed E-state index contributed by atoms with van der Waals surface area (Å²) >= 11 is 0. The molecule has 0 spiro atoms. The zero-order valence-corrected chi connectivity index (χ0v) is 13.2. The quantitative estimate of drug-likeness (QED) is 0.845. The molecule has 0 saturated heterocycles. The number of hydrogen-bond donors (Lipinski definition) is 2. The number of carboxylic acid groups (broad SMARTS) is 1. The number of carbonyl (C=O) groups excluding carboxylic acids is 1. The third-order valence-electron chi connectivity index (χ3n) is 3.69. The van der Waals surface area contributed by atoms with Crippen molar-refractivity contribution in [2.45, 2.75) is 40.2 Å². The summed E-state index contributed by atoms with van der Waals surface area (Å²) in [5.41, 5.74) is 2.14. The maximum absolute atomic E-state index is 12.3. The van der Waals surface area contributed by atoms with E-state index in [-0.39, 0.29) is 11.8 Å². The van der Waals surface area contributed by atoms with Crippen molar-refractivity contribution in [2.75, 3.05) is 7.11 Å². The Hall–Kier alpha value is -2.04. The molecule has 0 saturated carbocycles. The number of amides is 1. The van der Waals surface area contributed by atoms with Crippen LogP contribution in [0.2, 0.25) is 0 Å². The fourth-order valence-corrected chi connectivity index (χ4v) is 2.31. The average Bonchev–Trinajstić information content (AvgIpc) is 2.42. The molecule has 116 valence electrons. The van der Waals surface area contributed by atoms with E-state index in [1.54, 1.807) is 19.2 Å². The molecule has 1 rings (SSSR count). The Morgan fingerprint density at radius 1 is 1.29 bits per heavy atom. The van der Waals surface area contributed by atoms with Crippen LogP contribution in [0.15, 0.2) is 12.1 Å². The molecule has 5 heteroatoms. The predicted octanol–water partition coefficient (Wildman–Crippen LogP) is 2.54. The minimum atomic E-state index is -1.01. The average molecular weight is 293 g/mol. The molecule has 1 amide bonds. The zero-order valence-electron chi connectivity index (χ0n) is 13.2. The molecule has 0 aromatic heterocycles. The molecule has 5 nitrogen and oxygen atoms in total. The summed E-state index contributed by atoms with van der Waals surface area (Å²) in [6.45, 7) is 7.41. The number of methoxy groups -OCH3 is 1. The smallest absolute Gasteiger partial charge is 0.326 e. The minimum absolute atomic E-state index is 0.133. The normalized spacial score (nSPS) is 13.4. The van der Waals surface area contributed by atoms with E-state index in [0.717, 1.165) is 16.9 Å². The van der Waals surface area contributed by atoms with E-state index < -0.39 is 12.0 Å². The number of carbonyl (C=O) groups is 2. The van der Waals surface area contributed by atoms with Crippen LogP contribution in [0.25, 0.3) is 0 Å². The Bertz CT molecular complexity index is 516. The van der Waals surface area contributed by atoms with Gasteiger partial charge in [0.05, 0.1) is 7.11 Å². The van der Waals surface area contributed by atoms with E-state index >= 15 is 0 Å². The lowest BCUT2D eigenvalue weighted by molar-refractivity contribution is -0.140. The Kier molecular flexibility index (Phi) is 5.76. The van der Waals surface area contributed by atoms with Crippen molar-refractivity contribution in [3.8, 4) is 5.75 Å². The maximum Gasteiger partial charge on any atom is 0.326 e. The van der Waals surface area contributed by atoms with Gasteiger partial charge >= 0.3 is 5.97 Å². The van der Waals surface area contributed by atoms with Gasteiger partial charge in [0.2, 0.25) is 0 Å². The van der Waals surface area contributed by atoms with Crippen LogP contribution in [0.4, 0.5) is 0 Å². The standard InChI is InChI=1S/C16H23NO4/c1-6-9(2)13(16(19)20)17-15(18)12-7-10(3)14(21-5)11(4)8-12/h7-9,13H,6H2,1-5H3,(H,17,18)(H,19,20)/t9-,13-/m0/s1. The van der Waals surface area contributed by atoms with Gasteiger partial charge in [-0.2, -0.15) is 0 Å². The van der Waals surface area contributed by atoms with Crippen molar-refractivity contribution in [2.24, 2.45) is 5.92 Å². The zero-order chi connectivity index (χ0) is 16.2. The molecule has 0 heterocycles. The van der Waals surface area contributed by atoms with Crippen molar-refractivity contribution in [3.05, 3.63) is 28.8 Å². The molecule has 2 atom stereocenters. The lowest BCUT2D eigenvalue weighted by atomic mass is 9.98. The van der Waals surface area contributed by atoms with Gasteiger partial charge in [-0.05, 0) is 43.0 Å². The summed E-state index contributed by atoms with van der Waals surface area (Å²) in [5, 5.41) is 11.8. The second-order valence-electron chi connectivity index (χ2n) is 5.32. The van der Waals surface area contributed by atoms with Crippen LogP contribution in [0, 0.1) is 19.8 Å². The van der Waals surface area contributed by atoms with Crippen LogP contribution in [0.3, 0.4) is 0 Å². The van der Waals surface area contributed by atoms with Gasteiger partial charge in [0.15, 0.2) is 0 Å². The molecular formula is C16H23NO4. The predicted molar refractivity (Wildman–Crippen MR) is 80.8 cm³/mol. The highest BCUT2D eigenvalue weighted by Crippen LogP contribution is 2.24. The van der Waals surface area contributed by atoms with E-state index in [2.05, 4.69) is 5.32 Å². The van der Waals surface area contributed by atoms with Gasteiger partial charge in [0.25, 0.3) is 5.91 Å². The Labute approximate surface area is 125 Å². The SMILES string of the molecule is CC[C@H](C)[C@H](NC(=O)c1cc(C)c(OC)c(C)c1)C(=O)O. The van der Waals surface area contributed by atoms with Crippen molar-refractivity contribution >= 4 is 11.9 Å². The number of rotatable bonds is 6. The van der Waals surface area contributed by atoms with Crippen molar-refractivity contribution in [3.63, 3.8) is 0 Å². The fourth-order valence-electron chi connectivity index (χ4n) is 2.31. The second kappa shape index (κ2) is 7.11. The lowest BCUT2D eigenvalue weighted by Crippen LogP contribution is -2.45. The minimum Gasteiger partial charge on any atom is -0.496 e. The summed E-state index contributed by atoms with van der Waals surface area (Å²) in [4.78, 5) is 23.5. The van der Waals surface area contributed by atoms with E-state index in [9.17, 15) is 14.7 Å². The second-order valence-corrected chi connectivity index (χ2v) is 5.32. The Morgan fingerprint density at radius 3 is 2.19 bits per heavy atom. The van der Waals surface area contributed by atoms with E-state index in [1.807, 2.05) is 27.7 Å². The van der Waals surface area contributed by atoms with Crippen LogP contribution < -0.4 is 10.1 Å². The number of aryl methyl sites for hydroxylation is 2. The highest BCUT2D eigenvalue weighted by atomic mass is 16.5. The molecule has 1 aromatic rings. The summed E-state index contributed by atoms with van der Waals surface area (Å²) in [7, 11) is 1.58. The molecule has 0 radical (unpaired) electrons. The van der Waals surface area contributed by atoms with Crippen LogP contribution in [0.1, 0.15) is 41.8 Å². The number of benzene rings is 1. The first-order valence-electron chi connectivity index (χ1n) is 7.00. The van der Waals surface area contributed by atoms with Crippen molar-refractivity contribution in [1.82, 2.24) is 5.32 Å². The highest BCUT2D eigenvalue weighted by molar-refractivity contribution is 5.97. The van der Waals surface area contributed by atoms with Crippen molar-refractivity contribution in [1.29, 1.82) is 0 Å². The van der Waals surface area contributed by atoms with Crippen LogP contribution >= 0.6 is 0 Å². The van der Waals surface area contributed by atoms with Gasteiger partial charge in [-0.15, -0.1) is 0 Å². The van der Waals surface area contributed by atoms with Gasteiger partial charge in [0.1, 0.15) is 11.8 Å². The number of hydrogen-bond acceptors (Lipinski definition) is 3. The lowest BCUT2D eigenvalue weighted by Gasteiger charge is -2.20. The molecule has 0 unspecified atom stereocenters. The summed E-state index contributed by atoms with van der Waals surface area (Å²) < 4.78 is 5.26. The van der Waals surface area contributed by atoms with Crippen LogP contribution in [-0.2, 0) is 4.79 Å². The fraction of sp³-hybridized carbons (Fsp3) is 0.500. The molecule has 0 aliphatic heterocycles. The van der Waals surface area contributed by atoms with Gasteiger partial charge in [-0.1, -0.05) is 20.3 Å². The molecule has 1 aromatic carbocycles. The molecule has 0 aliphatic carbocycles. The summed E-state index contributed by atoms with van der Waals surface area (Å²) in [6.07, 6.45) is 0.678. The van der Waals surface area contributed by atoms with E-state index in [4.69, 9.17) is 4.74 Å². The first kappa shape index (κ1) is 17.0. The topological polar surface area (TPSA) is 75.6 Å². The van der Waals surface area contributed by atoms with Crippen LogP contribution in [-0.4, -0.2) is 30.1 Å². The van der Waals surface area contributed by atoms with Gasteiger partial charge in [-0.3, -0.25) is 4.79 Å².